The minimum atomic E-state index is -0.206. The number of likely N-dealkylation sites (tertiary alicyclic amines) is 1. The molecule has 162 valence electrons. The number of benzene rings is 1. The lowest BCUT2D eigenvalue weighted by molar-refractivity contribution is -0.128. The number of methoxy groups -OCH3 is 1. The molecule has 1 N–H and O–H groups in total. The summed E-state index contributed by atoms with van der Waals surface area (Å²) in [7, 11) is 1.72. The van der Waals surface area contributed by atoms with Gasteiger partial charge in [-0.2, -0.15) is 0 Å². The van der Waals surface area contributed by atoms with Crippen molar-refractivity contribution in [2.75, 3.05) is 20.2 Å². The van der Waals surface area contributed by atoms with Gasteiger partial charge in [0, 0.05) is 50.5 Å². The summed E-state index contributed by atoms with van der Waals surface area (Å²) in [5.74, 6) is 0.0375. The molecule has 0 unspecified atom stereocenters. The fraction of sp³-hybridized carbons (Fsp3) is 0.400. The third-order valence-electron chi connectivity index (χ3n) is 6.66. The smallest absolute Gasteiger partial charge is 0.246 e. The summed E-state index contributed by atoms with van der Waals surface area (Å²) < 4.78 is 6.01. The average molecular weight is 420 g/mol. The summed E-state index contributed by atoms with van der Waals surface area (Å²) in [5.41, 5.74) is 3.12. The Balaban J connectivity index is 1.53. The Morgan fingerprint density at radius 3 is 2.58 bits per heavy atom. The van der Waals surface area contributed by atoms with Crippen LogP contribution in [0, 0.1) is 0 Å². The number of ether oxygens (including phenoxy) is 1. The highest BCUT2D eigenvalue weighted by molar-refractivity contribution is 5.91. The molecule has 31 heavy (non-hydrogen) atoms. The van der Waals surface area contributed by atoms with Crippen molar-refractivity contribution in [3.63, 3.8) is 0 Å². The highest BCUT2D eigenvalue weighted by Crippen LogP contribution is 2.52. The standard InChI is InChI=1S/C25H29N3O3/c1-3-21(29)27-23-19-6-4-5-7-20(19)25(24(23)31-2)12-16-28(17-13-25)22(30)9-8-18-10-14-26-15-11-18/h4-11,14-15,23-24H,3,12-13,16-17H2,1-2H3,(H,27,29)/b9-8+/t23-,24+/m1/s1. The second kappa shape index (κ2) is 9.02. The monoisotopic (exact) mass is 419 g/mol. The normalized spacial score (nSPS) is 21.9. The molecule has 2 aliphatic rings. The topological polar surface area (TPSA) is 71.5 Å². The molecule has 0 radical (unpaired) electrons. The van der Waals surface area contributed by atoms with Crippen LogP contribution in [0.15, 0.2) is 54.9 Å². The van der Waals surface area contributed by atoms with E-state index in [0.29, 0.717) is 19.5 Å². The van der Waals surface area contributed by atoms with Crippen molar-refractivity contribution >= 4 is 17.9 Å². The van der Waals surface area contributed by atoms with E-state index in [1.54, 1.807) is 25.6 Å². The van der Waals surface area contributed by atoms with Crippen LogP contribution in [0.3, 0.4) is 0 Å². The average Bonchev–Trinajstić information content (AvgIpc) is 3.07. The molecule has 1 saturated heterocycles. The zero-order valence-corrected chi connectivity index (χ0v) is 18.1. The van der Waals surface area contributed by atoms with E-state index in [4.69, 9.17) is 4.74 Å². The Labute approximate surface area is 183 Å². The number of carbonyl (C=O) groups is 2. The number of hydrogen-bond donors (Lipinski definition) is 1. The molecule has 4 rings (SSSR count). The maximum atomic E-state index is 12.8. The molecule has 0 saturated carbocycles. The van der Waals surface area contributed by atoms with Gasteiger partial charge in [0.15, 0.2) is 0 Å². The van der Waals surface area contributed by atoms with Gasteiger partial charge in [-0.3, -0.25) is 14.6 Å². The second-order valence-corrected chi connectivity index (χ2v) is 8.24. The molecule has 1 aliphatic carbocycles. The van der Waals surface area contributed by atoms with Crippen LogP contribution in [0.25, 0.3) is 6.08 Å². The molecule has 1 spiro atoms. The van der Waals surface area contributed by atoms with Gasteiger partial charge in [-0.25, -0.2) is 0 Å². The van der Waals surface area contributed by atoms with Gasteiger partial charge in [0.05, 0.1) is 12.1 Å². The first-order valence-electron chi connectivity index (χ1n) is 10.9. The lowest BCUT2D eigenvalue weighted by Gasteiger charge is -2.43. The first kappa shape index (κ1) is 21.2. The third-order valence-corrected chi connectivity index (χ3v) is 6.66. The van der Waals surface area contributed by atoms with Gasteiger partial charge in [-0.15, -0.1) is 0 Å². The number of nitrogens with one attached hydrogen (secondary N) is 1. The number of rotatable bonds is 5. The fourth-order valence-corrected chi connectivity index (χ4v) is 5.08. The van der Waals surface area contributed by atoms with Crippen LogP contribution >= 0.6 is 0 Å². The first-order valence-corrected chi connectivity index (χ1v) is 10.9. The van der Waals surface area contributed by atoms with Crippen molar-refractivity contribution < 1.29 is 14.3 Å². The van der Waals surface area contributed by atoms with E-state index >= 15 is 0 Å². The lowest BCUT2D eigenvalue weighted by Crippen LogP contribution is -2.51. The Morgan fingerprint density at radius 2 is 1.90 bits per heavy atom. The van der Waals surface area contributed by atoms with Crippen molar-refractivity contribution in [2.24, 2.45) is 0 Å². The summed E-state index contributed by atoms with van der Waals surface area (Å²) >= 11 is 0. The van der Waals surface area contributed by atoms with Crippen molar-refractivity contribution in [1.82, 2.24) is 15.2 Å². The third kappa shape index (κ3) is 4.00. The minimum Gasteiger partial charge on any atom is -0.378 e. The lowest BCUT2D eigenvalue weighted by atomic mass is 9.72. The van der Waals surface area contributed by atoms with Crippen LogP contribution in [0.4, 0.5) is 0 Å². The van der Waals surface area contributed by atoms with Gasteiger partial charge in [-0.05, 0) is 47.7 Å². The van der Waals surface area contributed by atoms with Gasteiger partial charge in [-0.1, -0.05) is 31.2 Å². The van der Waals surface area contributed by atoms with E-state index in [2.05, 4.69) is 22.4 Å². The van der Waals surface area contributed by atoms with Gasteiger partial charge in [0.1, 0.15) is 0 Å². The van der Waals surface area contributed by atoms with E-state index in [1.165, 1.54) is 5.56 Å². The van der Waals surface area contributed by atoms with Crippen molar-refractivity contribution in [1.29, 1.82) is 0 Å². The maximum Gasteiger partial charge on any atom is 0.246 e. The van der Waals surface area contributed by atoms with Crippen molar-refractivity contribution in [3.05, 3.63) is 71.6 Å². The predicted molar refractivity (Wildman–Crippen MR) is 119 cm³/mol. The van der Waals surface area contributed by atoms with E-state index in [-0.39, 0.29) is 29.4 Å². The largest absolute Gasteiger partial charge is 0.378 e. The summed E-state index contributed by atoms with van der Waals surface area (Å²) in [5, 5.41) is 3.17. The molecule has 1 aromatic heterocycles. The zero-order chi connectivity index (χ0) is 21.8. The van der Waals surface area contributed by atoms with Gasteiger partial charge < -0.3 is 15.0 Å². The maximum absolute atomic E-state index is 12.8. The Morgan fingerprint density at radius 1 is 1.19 bits per heavy atom. The van der Waals surface area contributed by atoms with E-state index in [1.807, 2.05) is 42.2 Å². The number of pyridine rings is 1. The SMILES string of the molecule is CCC(=O)N[C@@H]1c2ccccc2C2(CCN(C(=O)/C=C/c3ccncc3)CC2)[C@H]1OC. The molecule has 2 amide bonds. The molecular formula is C25H29N3O3. The molecular weight excluding hydrogens is 390 g/mol. The molecule has 0 bridgehead atoms. The number of piperidine rings is 1. The molecule has 6 heteroatoms. The van der Waals surface area contributed by atoms with Crippen LogP contribution in [0.5, 0.6) is 0 Å². The molecule has 1 aliphatic heterocycles. The number of carbonyl (C=O) groups excluding carboxylic acids is 2. The van der Waals surface area contributed by atoms with Gasteiger partial charge in [0.25, 0.3) is 0 Å². The number of amides is 2. The predicted octanol–water partition coefficient (Wildman–Crippen LogP) is 3.25. The second-order valence-electron chi connectivity index (χ2n) is 8.24. The molecule has 2 aromatic rings. The van der Waals surface area contributed by atoms with Crippen LogP contribution in [0.1, 0.15) is 48.9 Å². The number of fused-ring (bicyclic) bond motifs is 2. The van der Waals surface area contributed by atoms with E-state index < -0.39 is 0 Å². The molecule has 2 heterocycles. The number of nitrogens with zero attached hydrogens (tertiary/aromatic N) is 2. The fourth-order valence-electron chi connectivity index (χ4n) is 5.08. The summed E-state index contributed by atoms with van der Waals surface area (Å²) in [6, 6.07) is 11.9. The minimum absolute atomic E-state index is 0.0164. The van der Waals surface area contributed by atoms with E-state index in [0.717, 1.165) is 24.0 Å². The number of aromatic nitrogens is 1. The van der Waals surface area contributed by atoms with Crippen LogP contribution in [-0.2, 0) is 19.7 Å². The van der Waals surface area contributed by atoms with Crippen LogP contribution in [-0.4, -0.2) is 48.0 Å². The molecule has 6 nitrogen and oxygen atoms in total. The first-order chi connectivity index (χ1) is 15.1. The Bertz CT molecular complexity index is 965. The Kier molecular flexibility index (Phi) is 6.18. The highest BCUT2D eigenvalue weighted by Gasteiger charge is 2.54. The summed E-state index contributed by atoms with van der Waals surface area (Å²) in [6.45, 7) is 3.17. The quantitative estimate of drug-likeness (QED) is 0.756. The highest BCUT2D eigenvalue weighted by atomic mass is 16.5. The summed E-state index contributed by atoms with van der Waals surface area (Å²) in [4.78, 5) is 30.9. The molecule has 1 fully saturated rings. The number of hydrogen-bond acceptors (Lipinski definition) is 4. The molecule has 1 aromatic carbocycles. The van der Waals surface area contributed by atoms with Crippen molar-refractivity contribution in [2.45, 2.75) is 43.7 Å². The zero-order valence-electron chi connectivity index (χ0n) is 18.1. The summed E-state index contributed by atoms with van der Waals surface area (Å²) in [6.07, 6.45) is 8.78. The van der Waals surface area contributed by atoms with Crippen molar-refractivity contribution in [3.8, 4) is 0 Å². The van der Waals surface area contributed by atoms with Crippen LogP contribution in [0.2, 0.25) is 0 Å². The van der Waals surface area contributed by atoms with Crippen LogP contribution < -0.4 is 5.32 Å². The van der Waals surface area contributed by atoms with Gasteiger partial charge >= 0.3 is 0 Å². The van der Waals surface area contributed by atoms with E-state index in [9.17, 15) is 9.59 Å². The molecule has 2 atom stereocenters. The Hall–Kier alpha value is -2.99. The van der Waals surface area contributed by atoms with Gasteiger partial charge in [0.2, 0.25) is 11.8 Å².